The summed E-state index contributed by atoms with van der Waals surface area (Å²) in [7, 11) is 0. The minimum atomic E-state index is -0.0503. The largest absolute Gasteiger partial charge is 0.356 e. The van der Waals surface area contributed by atoms with Crippen LogP contribution in [0.4, 0.5) is 0 Å². The third kappa shape index (κ3) is 4.97. The molecule has 2 aromatic heterocycles. The van der Waals surface area contributed by atoms with Gasteiger partial charge in [-0.25, -0.2) is 0 Å². The smallest absolute Gasteiger partial charge is 0.124 e. The summed E-state index contributed by atoms with van der Waals surface area (Å²) in [5.74, 6) is 2.52. The van der Waals surface area contributed by atoms with Crippen molar-refractivity contribution in [1.82, 2.24) is 19.7 Å². The van der Waals surface area contributed by atoms with E-state index in [9.17, 15) is 0 Å². The van der Waals surface area contributed by atoms with E-state index in [1.165, 1.54) is 0 Å². The second kappa shape index (κ2) is 8.87. The van der Waals surface area contributed by atoms with Crippen molar-refractivity contribution in [2.75, 3.05) is 0 Å². The standard InChI is InChI=1S/C19H29N4.Ir/c1-7-8-11-16-21-22-18(23(16)13-14(2)3)15-10-9-12-20-17(15)19(4,5)6;/h9,12,14H,7-8,11,13H2,1-6H3;/q-1;. The van der Waals surface area contributed by atoms with E-state index < -0.39 is 0 Å². The van der Waals surface area contributed by atoms with Gasteiger partial charge in [0, 0.05) is 33.1 Å². The van der Waals surface area contributed by atoms with Gasteiger partial charge in [0.1, 0.15) is 5.82 Å². The number of aryl methyl sites for hydroxylation is 1. The fourth-order valence-corrected chi connectivity index (χ4v) is 2.70. The predicted octanol–water partition coefficient (Wildman–Crippen LogP) is 4.43. The van der Waals surface area contributed by atoms with Crippen LogP contribution < -0.4 is 0 Å². The Morgan fingerprint density at radius 3 is 2.50 bits per heavy atom. The zero-order valence-electron chi connectivity index (χ0n) is 15.7. The molecule has 2 rings (SSSR count). The molecule has 0 fully saturated rings. The number of aromatic nitrogens is 4. The number of unbranched alkanes of at least 4 members (excludes halogenated alkanes) is 1. The first-order valence-corrected chi connectivity index (χ1v) is 8.64. The summed E-state index contributed by atoms with van der Waals surface area (Å²) in [6.45, 7) is 14.1. The average Bonchev–Trinajstić information content (AvgIpc) is 2.86. The molecule has 24 heavy (non-hydrogen) atoms. The summed E-state index contributed by atoms with van der Waals surface area (Å²) in [4.78, 5) is 4.61. The first kappa shape index (κ1) is 21.0. The maximum Gasteiger partial charge on any atom is 0.124 e. The summed E-state index contributed by atoms with van der Waals surface area (Å²) in [6.07, 6.45) is 5.09. The molecule has 4 nitrogen and oxygen atoms in total. The molecule has 0 aliphatic rings. The Hall–Kier alpha value is -1.06. The number of rotatable bonds is 6. The monoisotopic (exact) mass is 506 g/mol. The van der Waals surface area contributed by atoms with Crippen LogP contribution in [0.3, 0.4) is 0 Å². The van der Waals surface area contributed by atoms with Gasteiger partial charge in [-0.2, -0.15) is 5.10 Å². The van der Waals surface area contributed by atoms with Gasteiger partial charge in [0.25, 0.3) is 0 Å². The topological polar surface area (TPSA) is 43.6 Å². The van der Waals surface area contributed by atoms with Crippen molar-refractivity contribution in [1.29, 1.82) is 0 Å². The van der Waals surface area contributed by atoms with Gasteiger partial charge >= 0.3 is 0 Å². The first-order valence-electron chi connectivity index (χ1n) is 8.64. The quantitative estimate of drug-likeness (QED) is 0.546. The van der Waals surface area contributed by atoms with Crippen molar-refractivity contribution in [2.24, 2.45) is 5.92 Å². The predicted molar refractivity (Wildman–Crippen MR) is 94.2 cm³/mol. The summed E-state index contributed by atoms with van der Waals surface area (Å²) < 4.78 is 2.27. The van der Waals surface area contributed by atoms with Crippen LogP contribution in [-0.4, -0.2) is 19.7 Å². The van der Waals surface area contributed by atoms with Crippen LogP contribution in [0.25, 0.3) is 11.4 Å². The molecular weight excluding hydrogens is 476 g/mol. The van der Waals surface area contributed by atoms with Gasteiger partial charge in [0.2, 0.25) is 0 Å². The van der Waals surface area contributed by atoms with Crippen LogP contribution in [0.15, 0.2) is 12.3 Å². The van der Waals surface area contributed by atoms with Gasteiger partial charge in [0.15, 0.2) is 0 Å². The van der Waals surface area contributed by atoms with Gasteiger partial charge in [-0.3, -0.25) is 0 Å². The molecule has 0 aliphatic heterocycles. The summed E-state index contributed by atoms with van der Waals surface area (Å²) >= 11 is 0. The third-order valence-electron chi connectivity index (χ3n) is 3.81. The van der Waals surface area contributed by atoms with E-state index in [4.69, 9.17) is 0 Å². The van der Waals surface area contributed by atoms with Crippen LogP contribution in [-0.2, 0) is 38.5 Å². The molecule has 0 aliphatic carbocycles. The molecule has 0 spiro atoms. The van der Waals surface area contributed by atoms with E-state index in [0.717, 1.165) is 48.7 Å². The SMILES string of the molecule is CCCCc1nnc(-c2[c-]ccnc2C(C)(C)C)n1CC(C)C.[Ir]. The minimum absolute atomic E-state index is 0. The molecular formula is C19H29IrN4-. The Kier molecular flexibility index (Phi) is 7.75. The fourth-order valence-electron chi connectivity index (χ4n) is 2.70. The summed E-state index contributed by atoms with van der Waals surface area (Å²) in [5, 5.41) is 8.98. The average molecular weight is 506 g/mol. The molecule has 5 heteroatoms. The second-order valence-electron chi connectivity index (χ2n) is 7.61. The molecule has 1 radical (unpaired) electrons. The van der Waals surface area contributed by atoms with E-state index in [-0.39, 0.29) is 25.5 Å². The first-order chi connectivity index (χ1) is 10.8. The number of hydrogen-bond donors (Lipinski definition) is 0. The molecule has 0 atom stereocenters. The van der Waals surface area contributed by atoms with Gasteiger partial charge < -0.3 is 9.55 Å². The molecule has 0 saturated carbocycles. The van der Waals surface area contributed by atoms with Crippen molar-refractivity contribution in [2.45, 2.75) is 72.8 Å². The Labute approximate surface area is 159 Å². The normalized spacial score (nSPS) is 11.6. The zero-order chi connectivity index (χ0) is 17.0. The van der Waals surface area contributed by atoms with Crippen LogP contribution >= 0.6 is 0 Å². The van der Waals surface area contributed by atoms with Gasteiger partial charge in [-0.05, 0) is 23.4 Å². The number of pyridine rings is 1. The maximum atomic E-state index is 4.61. The Balaban J connectivity index is 0.00000288. The zero-order valence-corrected chi connectivity index (χ0v) is 18.1. The van der Waals surface area contributed by atoms with E-state index >= 15 is 0 Å². The van der Waals surface area contributed by atoms with E-state index in [0.29, 0.717) is 5.92 Å². The third-order valence-corrected chi connectivity index (χ3v) is 3.81. The van der Waals surface area contributed by atoms with Crippen molar-refractivity contribution in [3.63, 3.8) is 0 Å². The molecule has 135 valence electrons. The molecule has 0 saturated heterocycles. The summed E-state index contributed by atoms with van der Waals surface area (Å²) in [5.41, 5.74) is 1.96. The van der Waals surface area contributed by atoms with Gasteiger partial charge in [-0.15, -0.1) is 17.2 Å². The molecule has 2 heterocycles. The number of nitrogens with zero attached hydrogens (tertiary/aromatic N) is 4. The Morgan fingerprint density at radius 1 is 1.21 bits per heavy atom. The van der Waals surface area contributed by atoms with Gasteiger partial charge in [-0.1, -0.05) is 59.7 Å². The van der Waals surface area contributed by atoms with Crippen molar-refractivity contribution in [3.8, 4) is 11.4 Å². The van der Waals surface area contributed by atoms with Crippen LogP contribution in [0.5, 0.6) is 0 Å². The van der Waals surface area contributed by atoms with Crippen molar-refractivity contribution in [3.05, 3.63) is 29.8 Å². The van der Waals surface area contributed by atoms with Gasteiger partial charge in [0.05, 0.1) is 5.82 Å². The fraction of sp³-hybridized carbons (Fsp3) is 0.632. The van der Waals surface area contributed by atoms with Crippen LogP contribution in [0, 0.1) is 12.0 Å². The maximum absolute atomic E-state index is 4.61. The van der Waals surface area contributed by atoms with E-state index in [1.54, 1.807) is 0 Å². The van der Waals surface area contributed by atoms with Crippen molar-refractivity contribution >= 4 is 0 Å². The van der Waals surface area contributed by atoms with E-state index in [1.807, 2.05) is 12.3 Å². The number of hydrogen-bond acceptors (Lipinski definition) is 3. The Bertz CT molecular complexity index is 641. The molecule has 0 amide bonds. The minimum Gasteiger partial charge on any atom is -0.356 e. The van der Waals surface area contributed by atoms with E-state index in [2.05, 4.69) is 67.4 Å². The molecule has 2 aromatic rings. The molecule has 0 N–H and O–H groups in total. The van der Waals surface area contributed by atoms with Crippen LogP contribution in [0.1, 0.15) is 65.9 Å². The second-order valence-corrected chi connectivity index (χ2v) is 7.61. The van der Waals surface area contributed by atoms with Crippen molar-refractivity contribution < 1.29 is 20.1 Å². The molecule has 0 unspecified atom stereocenters. The summed E-state index contributed by atoms with van der Waals surface area (Å²) in [6, 6.07) is 5.22. The molecule has 0 bridgehead atoms. The van der Waals surface area contributed by atoms with Crippen LogP contribution in [0.2, 0.25) is 0 Å². The Morgan fingerprint density at radius 2 is 1.92 bits per heavy atom. The molecule has 0 aromatic carbocycles.